The molecule has 150 valence electrons. The molecule has 0 aliphatic heterocycles. The minimum atomic E-state index is -0.879. The Kier molecular flexibility index (Phi) is 6.52. The summed E-state index contributed by atoms with van der Waals surface area (Å²) in [7, 11) is 1.36. The summed E-state index contributed by atoms with van der Waals surface area (Å²) >= 11 is 1.22. The molecular formula is C21H14FN3O4S. The number of halogens is 1. The van der Waals surface area contributed by atoms with Crippen LogP contribution in [0.1, 0.15) is 15.9 Å². The number of amides is 1. The van der Waals surface area contributed by atoms with Gasteiger partial charge >= 0.3 is 5.97 Å². The molecule has 0 fully saturated rings. The average Bonchev–Trinajstić information content (AvgIpc) is 3.26. The van der Waals surface area contributed by atoms with Crippen molar-refractivity contribution >= 4 is 34.4 Å². The van der Waals surface area contributed by atoms with E-state index in [9.17, 15) is 19.2 Å². The van der Waals surface area contributed by atoms with Crippen LogP contribution in [0.4, 0.5) is 9.52 Å². The predicted molar refractivity (Wildman–Crippen MR) is 109 cm³/mol. The van der Waals surface area contributed by atoms with Crippen LogP contribution in [0, 0.1) is 17.1 Å². The van der Waals surface area contributed by atoms with Gasteiger partial charge in [-0.3, -0.25) is 10.1 Å². The molecular weight excluding hydrogens is 409 g/mol. The quantitative estimate of drug-likeness (QED) is 0.278. The Hall–Kier alpha value is -4.03. The number of hydrogen-bond donors (Lipinski definition) is 1. The first kappa shape index (κ1) is 20.7. The molecule has 1 heterocycles. The lowest BCUT2D eigenvalue weighted by atomic mass is 10.1. The van der Waals surface area contributed by atoms with Gasteiger partial charge < -0.3 is 9.47 Å². The minimum absolute atomic E-state index is 0.0636. The number of thiazole rings is 1. The van der Waals surface area contributed by atoms with E-state index in [1.807, 2.05) is 6.07 Å². The van der Waals surface area contributed by atoms with Gasteiger partial charge in [0, 0.05) is 11.6 Å². The SMILES string of the molecule is COc1cc(/C=C(\C#N)C(=O)Nc2nccs2)ccc1OC(=O)c1ccccc1F. The zero-order chi connectivity index (χ0) is 21.5. The molecule has 0 saturated carbocycles. The Morgan fingerprint density at radius 3 is 2.70 bits per heavy atom. The van der Waals surface area contributed by atoms with Gasteiger partial charge in [-0.1, -0.05) is 18.2 Å². The van der Waals surface area contributed by atoms with Crippen molar-refractivity contribution < 1.29 is 23.5 Å². The van der Waals surface area contributed by atoms with Gasteiger partial charge in [-0.2, -0.15) is 5.26 Å². The van der Waals surface area contributed by atoms with E-state index in [0.29, 0.717) is 10.7 Å². The second kappa shape index (κ2) is 9.45. The van der Waals surface area contributed by atoms with Gasteiger partial charge in [0.15, 0.2) is 16.6 Å². The average molecular weight is 423 g/mol. The molecule has 30 heavy (non-hydrogen) atoms. The zero-order valence-electron chi connectivity index (χ0n) is 15.6. The van der Waals surface area contributed by atoms with Crippen molar-refractivity contribution in [2.24, 2.45) is 0 Å². The summed E-state index contributed by atoms with van der Waals surface area (Å²) in [5.74, 6) is -1.96. The first-order valence-electron chi connectivity index (χ1n) is 8.49. The second-order valence-electron chi connectivity index (χ2n) is 5.74. The first-order chi connectivity index (χ1) is 14.5. The van der Waals surface area contributed by atoms with E-state index in [4.69, 9.17) is 9.47 Å². The number of carbonyl (C=O) groups excluding carboxylic acids is 2. The smallest absolute Gasteiger partial charge is 0.346 e. The minimum Gasteiger partial charge on any atom is -0.493 e. The van der Waals surface area contributed by atoms with Crippen LogP contribution in [0.3, 0.4) is 0 Å². The molecule has 1 amide bonds. The molecule has 3 rings (SSSR count). The largest absolute Gasteiger partial charge is 0.493 e. The van der Waals surface area contributed by atoms with Crippen molar-refractivity contribution in [2.45, 2.75) is 0 Å². The van der Waals surface area contributed by atoms with Crippen LogP contribution < -0.4 is 14.8 Å². The molecule has 0 atom stereocenters. The highest BCUT2D eigenvalue weighted by atomic mass is 32.1. The monoisotopic (exact) mass is 423 g/mol. The predicted octanol–water partition coefficient (Wildman–Crippen LogP) is 4.06. The Bertz CT molecular complexity index is 1150. The topological polar surface area (TPSA) is 101 Å². The van der Waals surface area contributed by atoms with E-state index in [1.54, 1.807) is 5.38 Å². The highest BCUT2D eigenvalue weighted by molar-refractivity contribution is 7.13. The lowest BCUT2D eigenvalue weighted by Gasteiger charge is -2.10. The van der Waals surface area contributed by atoms with Gasteiger partial charge in [0.05, 0.1) is 12.7 Å². The molecule has 0 spiro atoms. The number of anilines is 1. The molecule has 0 unspecified atom stereocenters. The maximum absolute atomic E-state index is 13.8. The van der Waals surface area contributed by atoms with Gasteiger partial charge in [0.25, 0.3) is 5.91 Å². The van der Waals surface area contributed by atoms with Crippen LogP contribution in [0.25, 0.3) is 6.08 Å². The molecule has 3 aromatic rings. The number of aromatic nitrogens is 1. The third-order valence-electron chi connectivity index (χ3n) is 3.81. The lowest BCUT2D eigenvalue weighted by Crippen LogP contribution is -2.13. The van der Waals surface area contributed by atoms with Crippen molar-refractivity contribution in [1.29, 1.82) is 5.26 Å². The van der Waals surface area contributed by atoms with Crippen LogP contribution in [-0.2, 0) is 4.79 Å². The summed E-state index contributed by atoms with van der Waals surface area (Å²) in [6, 6.07) is 11.7. The highest BCUT2D eigenvalue weighted by Gasteiger charge is 2.17. The Labute approximate surface area is 175 Å². The van der Waals surface area contributed by atoms with E-state index in [-0.39, 0.29) is 22.6 Å². The van der Waals surface area contributed by atoms with E-state index < -0.39 is 17.7 Å². The summed E-state index contributed by atoms with van der Waals surface area (Å²) in [5.41, 5.74) is 0.0980. The molecule has 9 heteroatoms. The van der Waals surface area contributed by atoms with Crippen LogP contribution >= 0.6 is 11.3 Å². The Balaban J connectivity index is 1.81. The number of nitrogens with zero attached hydrogens (tertiary/aromatic N) is 2. The number of methoxy groups -OCH3 is 1. The summed E-state index contributed by atoms with van der Waals surface area (Å²) in [4.78, 5) is 28.4. The lowest BCUT2D eigenvalue weighted by molar-refractivity contribution is -0.112. The number of nitriles is 1. The molecule has 1 aromatic heterocycles. The van der Waals surface area contributed by atoms with Crippen molar-refractivity contribution in [2.75, 3.05) is 12.4 Å². The molecule has 1 N–H and O–H groups in total. The van der Waals surface area contributed by atoms with Crippen molar-refractivity contribution in [1.82, 2.24) is 4.98 Å². The second-order valence-corrected chi connectivity index (χ2v) is 6.64. The molecule has 0 saturated heterocycles. The highest BCUT2D eigenvalue weighted by Crippen LogP contribution is 2.30. The Morgan fingerprint density at radius 1 is 1.23 bits per heavy atom. The zero-order valence-corrected chi connectivity index (χ0v) is 16.4. The summed E-state index contributed by atoms with van der Waals surface area (Å²) in [6.07, 6.45) is 2.89. The van der Waals surface area contributed by atoms with Gasteiger partial charge in [0.2, 0.25) is 0 Å². The van der Waals surface area contributed by atoms with Crippen LogP contribution in [-0.4, -0.2) is 24.0 Å². The van der Waals surface area contributed by atoms with Crippen molar-refractivity contribution in [3.05, 3.63) is 76.6 Å². The molecule has 7 nitrogen and oxygen atoms in total. The van der Waals surface area contributed by atoms with Crippen LogP contribution in [0.15, 0.2) is 59.6 Å². The molecule has 0 radical (unpaired) electrons. The van der Waals surface area contributed by atoms with E-state index in [2.05, 4.69) is 10.3 Å². The maximum Gasteiger partial charge on any atom is 0.346 e. The van der Waals surface area contributed by atoms with Gasteiger partial charge in [-0.15, -0.1) is 11.3 Å². The van der Waals surface area contributed by atoms with Crippen LogP contribution in [0.5, 0.6) is 11.5 Å². The van der Waals surface area contributed by atoms with Crippen molar-refractivity contribution in [3.63, 3.8) is 0 Å². The van der Waals surface area contributed by atoms with Crippen molar-refractivity contribution in [3.8, 4) is 17.6 Å². The molecule has 0 bridgehead atoms. The fourth-order valence-corrected chi connectivity index (χ4v) is 2.93. The number of esters is 1. The maximum atomic E-state index is 13.8. The number of nitrogens with one attached hydrogen (secondary N) is 1. The van der Waals surface area contributed by atoms with E-state index in [0.717, 1.165) is 6.07 Å². The standard InChI is InChI=1S/C21H14FN3O4S/c1-28-18-11-13(10-14(12-23)19(26)25-21-24-8-9-30-21)6-7-17(18)29-20(27)15-4-2-3-5-16(15)22/h2-11H,1H3,(H,24,25,26)/b14-10+. The number of benzene rings is 2. The normalized spacial score (nSPS) is 10.8. The third-order valence-corrected chi connectivity index (χ3v) is 4.50. The number of rotatable bonds is 6. The number of carbonyl (C=O) groups is 2. The number of hydrogen-bond acceptors (Lipinski definition) is 7. The van der Waals surface area contributed by atoms with Gasteiger partial charge in [-0.25, -0.2) is 14.2 Å². The fraction of sp³-hybridized carbons (Fsp3) is 0.0476. The molecule has 0 aliphatic carbocycles. The van der Waals surface area contributed by atoms with E-state index >= 15 is 0 Å². The fourth-order valence-electron chi connectivity index (χ4n) is 2.40. The summed E-state index contributed by atoms with van der Waals surface area (Å²) in [6.45, 7) is 0. The van der Waals surface area contributed by atoms with E-state index in [1.165, 1.54) is 67.1 Å². The Morgan fingerprint density at radius 2 is 2.03 bits per heavy atom. The van der Waals surface area contributed by atoms with Gasteiger partial charge in [-0.05, 0) is 35.9 Å². The third kappa shape index (κ3) is 4.87. The summed E-state index contributed by atoms with van der Waals surface area (Å²) in [5, 5.41) is 13.9. The number of ether oxygens (including phenoxy) is 2. The summed E-state index contributed by atoms with van der Waals surface area (Å²) < 4.78 is 24.2. The molecule has 0 aliphatic rings. The van der Waals surface area contributed by atoms with Gasteiger partial charge in [0.1, 0.15) is 17.5 Å². The van der Waals surface area contributed by atoms with Crippen LogP contribution in [0.2, 0.25) is 0 Å². The first-order valence-corrected chi connectivity index (χ1v) is 9.37. The molecule has 2 aromatic carbocycles.